The molecule has 0 aliphatic carbocycles. The minimum absolute atomic E-state index is 0.132. The minimum Gasteiger partial charge on any atom is -0.306 e. The van der Waals surface area contributed by atoms with E-state index in [-0.39, 0.29) is 6.04 Å². The standard InChI is InChI=1S/C14H16BrN3/c1-3-18-14(11-4-10(2)6-16-7-11)12-5-13(15)9-17-8-12/h4-9,14,18H,3H2,1-2H3. The Hall–Kier alpha value is -1.26. The topological polar surface area (TPSA) is 37.8 Å². The summed E-state index contributed by atoms with van der Waals surface area (Å²) in [5.74, 6) is 0. The molecule has 0 saturated carbocycles. The van der Waals surface area contributed by atoms with Crippen molar-refractivity contribution in [2.24, 2.45) is 0 Å². The Labute approximate surface area is 116 Å². The first-order chi connectivity index (χ1) is 8.70. The molecule has 1 atom stereocenters. The van der Waals surface area contributed by atoms with Crippen LogP contribution in [0.2, 0.25) is 0 Å². The molecule has 4 heteroatoms. The zero-order chi connectivity index (χ0) is 13.0. The van der Waals surface area contributed by atoms with E-state index >= 15 is 0 Å². The maximum Gasteiger partial charge on any atom is 0.0607 e. The summed E-state index contributed by atoms with van der Waals surface area (Å²) in [4.78, 5) is 8.49. The van der Waals surface area contributed by atoms with Gasteiger partial charge >= 0.3 is 0 Å². The molecule has 2 aromatic rings. The van der Waals surface area contributed by atoms with Gasteiger partial charge in [-0.3, -0.25) is 9.97 Å². The maximum atomic E-state index is 4.26. The molecular formula is C14H16BrN3. The van der Waals surface area contributed by atoms with E-state index in [4.69, 9.17) is 0 Å². The van der Waals surface area contributed by atoms with Gasteiger partial charge in [0.1, 0.15) is 0 Å². The van der Waals surface area contributed by atoms with E-state index in [9.17, 15) is 0 Å². The Morgan fingerprint density at radius 1 is 1.11 bits per heavy atom. The summed E-state index contributed by atoms with van der Waals surface area (Å²) in [5.41, 5.74) is 3.47. The fourth-order valence-electron chi connectivity index (χ4n) is 1.95. The Balaban J connectivity index is 2.39. The molecule has 1 N–H and O–H groups in total. The van der Waals surface area contributed by atoms with Gasteiger partial charge in [-0.05, 0) is 52.2 Å². The van der Waals surface area contributed by atoms with Crippen LogP contribution in [0.25, 0.3) is 0 Å². The number of hydrogen-bond acceptors (Lipinski definition) is 3. The number of rotatable bonds is 4. The zero-order valence-electron chi connectivity index (χ0n) is 10.5. The Morgan fingerprint density at radius 3 is 2.39 bits per heavy atom. The minimum atomic E-state index is 0.132. The summed E-state index contributed by atoms with van der Waals surface area (Å²) in [6.07, 6.45) is 7.45. The molecule has 1 unspecified atom stereocenters. The average Bonchev–Trinajstić information content (AvgIpc) is 2.36. The number of aromatic nitrogens is 2. The summed E-state index contributed by atoms with van der Waals surface area (Å²) in [5, 5.41) is 3.47. The van der Waals surface area contributed by atoms with Gasteiger partial charge in [-0.25, -0.2) is 0 Å². The van der Waals surface area contributed by atoms with Gasteiger partial charge in [0.25, 0.3) is 0 Å². The molecule has 18 heavy (non-hydrogen) atoms. The van der Waals surface area contributed by atoms with Crippen LogP contribution >= 0.6 is 15.9 Å². The van der Waals surface area contributed by atoms with Crippen LogP contribution in [-0.2, 0) is 0 Å². The Morgan fingerprint density at radius 2 is 1.78 bits per heavy atom. The van der Waals surface area contributed by atoms with Crippen molar-refractivity contribution in [3.63, 3.8) is 0 Å². The summed E-state index contributed by atoms with van der Waals surface area (Å²) in [6, 6.07) is 4.37. The summed E-state index contributed by atoms with van der Waals surface area (Å²) in [6.45, 7) is 5.05. The quantitative estimate of drug-likeness (QED) is 0.942. The molecule has 3 nitrogen and oxygen atoms in total. The lowest BCUT2D eigenvalue weighted by molar-refractivity contribution is 0.626. The van der Waals surface area contributed by atoms with Crippen LogP contribution in [0.5, 0.6) is 0 Å². The number of pyridine rings is 2. The second-order valence-corrected chi connectivity index (χ2v) is 5.14. The molecule has 0 aliphatic rings. The van der Waals surface area contributed by atoms with E-state index in [0.29, 0.717) is 0 Å². The third-order valence-electron chi connectivity index (χ3n) is 2.70. The van der Waals surface area contributed by atoms with E-state index in [1.54, 1.807) is 6.20 Å². The monoisotopic (exact) mass is 305 g/mol. The van der Waals surface area contributed by atoms with Crippen LogP contribution in [0.1, 0.15) is 29.7 Å². The molecule has 94 valence electrons. The zero-order valence-corrected chi connectivity index (χ0v) is 12.1. The highest BCUT2D eigenvalue weighted by Gasteiger charge is 2.14. The van der Waals surface area contributed by atoms with Crippen molar-refractivity contribution in [2.75, 3.05) is 6.54 Å². The molecule has 0 amide bonds. The molecular weight excluding hydrogens is 290 g/mol. The SMILES string of the molecule is CCNC(c1cncc(C)c1)c1cncc(Br)c1. The molecule has 2 aromatic heterocycles. The highest BCUT2D eigenvalue weighted by atomic mass is 79.9. The van der Waals surface area contributed by atoms with Crippen LogP contribution in [0.15, 0.2) is 41.4 Å². The lowest BCUT2D eigenvalue weighted by Crippen LogP contribution is -2.22. The first kappa shape index (κ1) is 13.2. The smallest absolute Gasteiger partial charge is 0.0607 e. The van der Waals surface area contributed by atoms with Crippen LogP contribution in [0.4, 0.5) is 0 Å². The van der Waals surface area contributed by atoms with Crippen molar-refractivity contribution in [3.8, 4) is 0 Å². The van der Waals surface area contributed by atoms with Gasteiger partial charge in [0, 0.05) is 29.3 Å². The molecule has 0 aromatic carbocycles. The lowest BCUT2D eigenvalue weighted by Gasteiger charge is -2.18. The van der Waals surface area contributed by atoms with Crippen molar-refractivity contribution in [2.45, 2.75) is 19.9 Å². The molecule has 0 aliphatic heterocycles. The van der Waals surface area contributed by atoms with E-state index in [2.05, 4.69) is 57.2 Å². The van der Waals surface area contributed by atoms with Crippen LogP contribution in [0, 0.1) is 6.92 Å². The van der Waals surface area contributed by atoms with E-state index < -0.39 is 0 Å². The fraction of sp³-hybridized carbons (Fsp3) is 0.286. The van der Waals surface area contributed by atoms with Gasteiger partial charge in [0.15, 0.2) is 0 Å². The van der Waals surface area contributed by atoms with Crippen LogP contribution in [-0.4, -0.2) is 16.5 Å². The number of aryl methyl sites for hydroxylation is 1. The van der Waals surface area contributed by atoms with Crippen molar-refractivity contribution in [3.05, 3.63) is 58.1 Å². The molecule has 0 bridgehead atoms. The van der Waals surface area contributed by atoms with Gasteiger partial charge in [0.05, 0.1) is 6.04 Å². The van der Waals surface area contributed by atoms with Gasteiger partial charge in [0.2, 0.25) is 0 Å². The normalized spacial score (nSPS) is 12.4. The van der Waals surface area contributed by atoms with Crippen molar-refractivity contribution in [1.82, 2.24) is 15.3 Å². The van der Waals surface area contributed by atoms with Gasteiger partial charge < -0.3 is 5.32 Å². The average molecular weight is 306 g/mol. The van der Waals surface area contributed by atoms with Crippen molar-refractivity contribution in [1.29, 1.82) is 0 Å². The number of nitrogens with one attached hydrogen (secondary N) is 1. The Kier molecular flexibility index (Phi) is 4.44. The van der Waals surface area contributed by atoms with Crippen molar-refractivity contribution < 1.29 is 0 Å². The van der Waals surface area contributed by atoms with Gasteiger partial charge in [-0.1, -0.05) is 13.0 Å². The molecule has 2 rings (SSSR count). The highest BCUT2D eigenvalue weighted by Crippen LogP contribution is 2.23. The maximum absolute atomic E-state index is 4.26. The van der Waals surface area contributed by atoms with Gasteiger partial charge in [-0.15, -0.1) is 0 Å². The van der Waals surface area contributed by atoms with Crippen molar-refractivity contribution >= 4 is 15.9 Å². The molecule has 0 radical (unpaired) electrons. The number of halogens is 1. The van der Waals surface area contributed by atoms with E-state index in [1.807, 2.05) is 18.6 Å². The largest absolute Gasteiger partial charge is 0.306 e. The molecule has 0 spiro atoms. The second-order valence-electron chi connectivity index (χ2n) is 4.22. The predicted octanol–water partition coefficient (Wildman–Crippen LogP) is 3.25. The predicted molar refractivity (Wildman–Crippen MR) is 76.4 cm³/mol. The van der Waals surface area contributed by atoms with E-state index in [0.717, 1.165) is 22.1 Å². The number of hydrogen-bond donors (Lipinski definition) is 1. The van der Waals surface area contributed by atoms with E-state index in [1.165, 1.54) is 5.56 Å². The highest BCUT2D eigenvalue weighted by molar-refractivity contribution is 9.10. The van der Waals surface area contributed by atoms with Crippen LogP contribution < -0.4 is 5.32 Å². The second kappa shape index (κ2) is 6.07. The number of nitrogens with zero attached hydrogens (tertiary/aromatic N) is 2. The summed E-state index contributed by atoms with van der Waals surface area (Å²) >= 11 is 3.46. The summed E-state index contributed by atoms with van der Waals surface area (Å²) < 4.78 is 0.989. The fourth-order valence-corrected chi connectivity index (χ4v) is 2.34. The van der Waals surface area contributed by atoms with Gasteiger partial charge in [-0.2, -0.15) is 0 Å². The summed E-state index contributed by atoms with van der Waals surface area (Å²) in [7, 11) is 0. The Bertz CT molecular complexity index is 482. The molecule has 0 fully saturated rings. The first-order valence-corrected chi connectivity index (χ1v) is 6.75. The lowest BCUT2D eigenvalue weighted by atomic mass is 10.0. The first-order valence-electron chi connectivity index (χ1n) is 5.96. The molecule has 0 saturated heterocycles. The third kappa shape index (κ3) is 3.15. The van der Waals surface area contributed by atoms with Crippen LogP contribution in [0.3, 0.4) is 0 Å². The third-order valence-corrected chi connectivity index (χ3v) is 3.13. The molecule has 2 heterocycles.